The largest absolute Gasteiger partial charge is 0.385 e. The van der Waals surface area contributed by atoms with Crippen molar-refractivity contribution in [3.8, 4) is 0 Å². The predicted octanol–water partition coefficient (Wildman–Crippen LogP) is 1.86. The van der Waals surface area contributed by atoms with Crippen LogP contribution in [-0.2, 0) is 9.47 Å². The Balaban J connectivity index is 2.69. The maximum atomic E-state index is 12.3. The molecule has 0 aromatic carbocycles. The molecule has 0 unspecified atom stereocenters. The highest BCUT2D eigenvalue weighted by atomic mass is 35.5. The van der Waals surface area contributed by atoms with Gasteiger partial charge in [-0.3, -0.25) is 9.78 Å². The number of rotatable bonds is 8. The quantitative estimate of drug-likeness (QED) is 0.685. The molecule has 1 aromatic rings. The SMILES string of the molecule is COCCCN(CCOC)C(=O)c1cc(Cl)ccn1. The van der Waals surface area contributed by atoms with Gasteiger partial charge >= 0.3 is 0 Å². The van der Waals surface area contributed by atoms with E-state index in [2.05, 4.69) is 4.98 Å². The van der Waals surface area contributed by atoms with Gasteiger partial charge in [0.05, 0.1) is 6.61 Å². The number of halogens is 1. The van der Waals surface area contributed by atoms with Gasteiger partial charge < -0.3 is 14.4 Å². The zero-order valence-corrected chi connectivity index (χ0v) is 12.0. The average molecular weight is 287 g/mol. The Labute approximate surface area is 118 Å². The Kier molecular flexibility index (Phi) is 7.40. The lowest BCUT2D eigenvalue weighted by Crippen LogP contribution is -2.35. The Morgan fingerprint density at radius 3 is 2.68 bits per heavy atom. The third-order valence-electron chi connectivity index (χ3n) is 2.57. The first kappa shape index (κ1) is 15.9. The van der Waals surface area contributed by atoms with Gasteiger partial charge in [-0.05, 0) is 18.6 Å². The van der Waals surface area contributed by atoms with Crippen LogP contribution in [0.2, 0.25) is 5.02 Å². The highest BCUT2D eigenvalue weighted by Gasteiger charge is 2.16. The first-order valence-electron chi connectivity index (χ1n) is 6.07. The van der Waals surface area contributed by atoms with Gasteiger partial charge in [-0.2, -0.15) is 0 Å². The molecular weight excluding hydrogens is 268 g/mol. The molecule has 0 radical (unpaired) electrons. The Bertz CT molecular complexity index is 401. The van der Waals surface area contributed by atoms with Gasteiger partial charge in [0.2, 0.25) is 0 Å². The smallest absolute Gasteiger partial charge is 0.272 e. The molecule has 1 aromatic heterocycles. The van der Waals surface area contributed by atoms with Crippen LogP contribution in [0.5, 0.6) is 0 Å². The van der Waals surface area contributed by atoms with Gasteiger partial charge in [0.15, 0.2) is 0 Å². The number of hydrogen-bond acceptors (Lipinski definition) is 4. The van der Waals surface area contributed by atoms with E-state index >= 15 is 0 Å². The van der Waals surface area contributed by atoms with E-state index in [1.165, 1.54) is 6.20 Å². The van der Waals surface area contributed by atoms with E-state index in [0.717, 1.165) is 6.42 Å². The summed E-state index contributed by atoms with van der Waals surface area (Å²) in [6, 6.07) is 3.21. The van der Waals surface area contributed by atoms with Crippen molar-refractivity contribution in [2.45, 2.75) is 6.42 Å². The van der Waals surface area contributed by atoms with Gasteiger partial charge in [0, 0.05) is 45.1 Å². The fourth-order valence-electron chi connectivity index (χ4n) is 1.60. The zero-order chi connectivity index (χ0) is 14.1. The van der Waals surface area contributed by atoms with E-state index < -0.39 is 0 Å². The molecule has 1 rings (SSSR count). The van der Waals surface area contributed by atoms with E-state index in [9.17, 15) is 4.79 Å². The third kappa shape index (κ3) is 5.55. The van der Waals surface area contributed by atoms with Crippen molar-refractivity contribution in [2.75, 3.05) is 40.5 Å². The second-order valence-corrected chi connectivity index (χ2v) is 4.43. The fraction of sp³-hybridized carbons (Fsp3) is 0.538. The van der Waals surface area contributed by atoms with Crippen LogP contribution in [0.15, 0.2) is 18.3 Å². The summed E-state index contributed by atoms with van der Waals surface area (Å²) < 4.78 is 10.0. The van der Waals surface area contributed by atoms with Gasteiger partial charge in [0.25, 0.3) is 5.91 Å². The number of carbonyl (C=O) groups excluding carboxylic acids is 1. The average Bonchev–Trinajstić information content (AvgIpc) is 2.42. The molecule has 1 heterocycles. The lowest BCUT2D eigenvalue weighted by Gasteiger charge is -2.21. The number of amides is 1. The molecule has 0 atom stereocenters. The molecular formula is C13H19ClN2O3. The third-order valence-corrected chi connectivity index (χ3v) is 2.81. The van der Waals surface area contributed by atoms with Crippen LogP contribution < -0.4 is 0 Å². The summed E-state index contributed by atoms with van der Waals surface area (Å²) in [7, 11) is 3.25. The Morgan fingerprint density at radius 1 is 1.32 bits per heavy atom. The Hall–Kier alpha value is -1.17. The highest BCUT2D eigenvalue weighted by molar-refractivity contribution is 6.30. The van der Waals surface area contributed by atoms with Crippen molar-refractivity contribution in [1.82, 2.24) is 9.88 Å². The molecule has 0 aliphatic rings. The van der Waals surface area contributed by atoms with Gasteiger partial charge in [-0.1, -0.05) is 11.6 Å². The molecule has 19 heavy (non-hydrogen) atoms. The van der Waals surface area contributed by atoms with Gasteiger partial charge in [-0.15, -0.1) is 0 Å². The molecule has 5 nitrogen and oxygen atoms in total. The minimum atomic E-state index is -0.143. The van der Waals surface area contributed by atoms with E-state index in [0.29, 0.717) is 37.0 Å². The summed E-state index contributed by atoms with van der Waals surface area (Å²) in [5.41, 5.74) is 0.348. The van der Waals surface area contributed by atoms with Crippen LogP contribution in [0.3, 0.4) is 0 Å². The minimum Gasteiger partial charge on any atom is -0.385 e. The second kappa shape index (κ2) is 8.85. The van der Waals surface area contributed by atoms with Crippen LogP contribution in [0.4, 0.5) is 0 Å². The number of methoxy groups -OCH3 is 2. The topological polar surface area (TPSA) is 51.7 Å². The first-order valence-corrected chi connectivity index (χ1v) is 6.45. The summed E-state index contributed by atoms with van der Waals surface area (Å²) in [6.45, 7) is 2.22. The minimum absolute atomic E-state index is 0.143. The van der Waals surface area contributed by atoms with Crippen molar-refractivity contribution in [1.29, 1.82) is 0 Å². The molecule has 106 valence electrons. The molecule has 0 spiro atoms. The van der Waals surface area contributed by atoms with Gasteiger partial charge in [0.1, 0.15) is 5.69 Å². The van der Waals surface area contributed by atoms with E-state index in [4.69, 9.17) is 21.1 Å². The normalized spacial score (nSPS) is 10.5. The van der Waals surface area contributed by atoms with Crippen LogP contribution in [-0.4, -0.2) is 56.3 Å². The standard InChI is InChI=1S/C13H19ClN2O3/c1-18-8-3-6-16(7-9-19-2)13(17)12-10-11(14)4-5-15-12/h4-5,10H,3,6-9H2,1-2H3. The number of pyridine rings is 1. The molecule has 6 heteroatoms. The van der Waals surface area contributed by atoms with Crippen molar-refractivity contribution < 1.29 is 14.3 Å². The number of nitrogens with zero attached hydrogens (tertiary/aromatic N) is 2. The summed E-state index contributed by atoms with van der Waals surface area (Å²) in [5, 5.41) is 0.502. The van der Waals surface area contributed by atoms with Crippen molar-refractivity contribution in [2.24, 2.45) is 0 Å². The lowest BCUT2D eigenvalue weighted by molar-refractivity contribution is 0.0668. The zero-order valence-electron chi connectivity index (χ0n) is 11.3. The lowest BCUT2D eigenvalue weighted by atomic mass is 10.3. The van der Waals surface area contributed by atoms with Crippen LogP contribution >= 0.6 is 11.6 Å². The molecule has 0 N–H and O–H groups in total. The predicted molar refractivity (Wildman–Crippen MR) is 73.5 cm³/mol. The number of aromatic nitrogens is 1. The molecule has 0 aliphatic carbocycles. The molecule has 1 amide bonds. The van der Waals surface area contributed by atoms with Crippen molar-refractivity contribution >= 4 is 17.5 Å². The van der Waals surface area contributed by atoms with Crippen molar-refractivity contribution in [3.63, 3.8) is 0 Å². The number of carbonyl (C=O) groups is 1. The van der Waals surface area contributed by atoms with Crippen LogP contribution in [0, 0.1) is 0 Å². The summed E-state index contributed by atoms with van der Waals surface area (Å²) in [5.74, 6) is -0.143. The first-order chi connectivity index (χ1) is 9.19. The van der Waals surface area contributed by atoms with Gasteiger partial charge in [-0.25, -0.2) is 0 Å². The molecule has 0 aliphatic heterocycles. The van der Waals surface area contributed by atoms with E-state index in [-0.39, 0.29) is 5.91 Å². The van der Waals surface area contributed by atoms with Crippen LogP contribution in [0.1, 0.15) is 16.9 Å². The molecule has 0 saturated carbocycles. The van der Waals surface area contributed by atoms with E-state index in [1.807, 2.05) is 0 Å². The Morgan fingerprint density at radius 2 is 2.05 bits per heavy atom. The number of hydrogen-bond donors (Lipinski definition) is 0. The monoisotopic (exact) mass is 286 g/mol. The van der Waals surface area contributed by atoms with Crippen molar-refractivity contribution in [3.05, 3.63) is 29.0 Å². The van der Waals surface area contributed by atoms with E-state index in [1.54, 1.807) is 31.3 Å². The summed E-state index contributed by atoms with van der Waals surface area (Å²) in [6.07, 6.45) is 2.30. The number of ether oxygens (including phenoxy) is 2. The maximum absolute atomic E-state index is 12.3. The molecule has 0 bridgehead atoms. The molecule has 0 fully saturated rings. The molecule has 0 saturated heterocycles. The summed E-state index contributed by atoms with van der Waals surface area (Å²) >= 11 is 5.87. The second-order valence-electron chi connectivity index (χ2n) is 3.99. The maximum Gasteiger partial charge on any atom is 0.272 e. The summed E-state index contributed by atoms with van der Waals surface area (Å²) in [4.78, 5) is 18.1. The fourth-order valence-corrected chi connectivity index (χ4v) is 1.76. The van der Waals surface area contributed by atoms with Crippen LogP contribution in [0.25, 0.3) is 0 Å². The highest BCUT2D eigenvalue weighted by Crippen LogP contribution is 2.10.